The standard InChI is InChI=1S/C20H29N3O5/c1-27-12-11-23(20(26)15-5-3-4-6-15)14-19(25)21-13-18(24)22-16-7-9-17(28-2)10-8-16/h7-10,15H,3-6,11-14H2,1-2H3,(H,21,25)(H,22,24). The lowest BCUT2D eigenvalue weighted by Gasteiger charge is -2.24. The molecule has 8 nitrogen and oxygen atoms in total. The van der Waals surface area contributed by atoms with Gasteiger partial charge in [0.1, 0.15) is 5.75 Å². The molecule has 0 spiro atoms. The zero-order valence-electron chi connectivity index (χ0n) is 16.5. The molecule has 2 rings (SSSR count). The van der Waals surface area contributed by atoms with Gasteiger partial charge in [0, 0.05) is 25.3 Å². The van der Waals surface area contributed by atoms with E-state index in [0.717, 1.165) is 25.7 Å². The highest BCUT2D eigenvalue weighted by Crippen LogP contribution is 2.26. The second-order valence-corrected chi connectivity index (χ2v) is 6.79. The number of rotatable bonds is 10. The van der Waals surface area contributed by atoms with E-state index in [1.807, 2.05) is 0 Å². The third-order valence-corrected chi connectivity index (χ3v) is 4.74. The van der Waals surface area contributed by atoms with E-state index in [9.17, 15) is 14.4 Å². The van der Waals surface area contributed by atoms with Crippen LogP contribution < -0.4 is 15.4 Å². The van der Waals surface area contributed by atoms with Crippen LogP contribution in [-0.4, -0.2) is 63.1 Å². The van der Waals surface area contributed by atoms with Gasteiger partial charge < -0.3 is 25.0 Å². The molecule has 3 amide bonds. The Balaban J connectivity index is 1.80. The van der Waals surface area contributed by atoms with Crippen LogP contribution in [0.1, 0.15) is 25.7 Å². The van der Waals surface area contributed by atoms with Crippen molar-refractivity contribution in [1.29, 1.82) is 0 Å². The molecule has 1 fully saturated rings. The molecule has 1 aromatic rings. The van der Waals surface area contributed by atoms with Crippen LogP contribution >= 0.6 is 0 Å². The van der Waals surface area contributed by atoms with Crippen molar-refractivity contribution in [2.45, 2.75) is 25.7 Å². The highest BCUT2D eigenvalue weighted by atomic mass is 16.5. The number of hydrogen-bond acceptors (Lipinski definition) is 5. The number of methoxy groups -OCH3 is 2. The minimum atomic E-state index is -0.368. The number of carbonyl (C=O) groups excluding carboxylic acids is 3. The summed E-state index contributed by atoms with van der Waals surface area (Å²) in [7, 11) is 3.12. The number of nitrogens with one attached hydrogen (secondary N) is 2. The maximum absolute atomic E-state index is 12.6. The highest BCUT2D eigenvalue weighted by Gasteiger charge is 2.28. The first-order valence-electron chi connectivity index (χ1n) is 9.51. The monoisotopic (exact) mass is 391 g/mol. The van der Waals surface area contributed by atoms with Gasteiger partial charge in [0.15, 0.2) is 0 Å². The van der Waals surface area contributed by atoms with Gasteiger partial charge in [0.2, 0.25) is 17.7 Å². The zero-order chi connectivity index (χ0) is 20.4. The minimum absolute atomic E-state index is 0.00705. The summed E-state index contributed by atoms with van der Waals surface area (Å²) < 4.78 is 10.1. The summed E-state index contributed by atoms with van der Waals surface area (Å²) in [5.41, 5.74) is 0.609. The first kappa shape index (κ1) is 21.7. The van der Waals surface area contributed by atoms with Crippen molar-refractivity contribution in [2.75, 3.05) is 45.8 Å². The Labute approximate surface area is 165 Å². The normalized spacial score (nSPS) is 13.8. The number of anilines is 1. The molecule has 0 heterocycles. The summed E-state index contributed by atoms with van der Waals surface area (Å²) in [4.78, 5) is 38.4. The molecule has 0 saturated heterocycles. The van der Waals surface area contributed by atoms with Gasteiger partial charge >= 0.3 is 0 Å². The van der Waals surface area contributed by atoms with E-state index in [0.29, 0.717) is 24.6 Å². The van der Waals surface area contributed by atoms with Crippen LogP contribution in [0.15, 0.2) is 24.3 Å². The molecule has 0 bridgehead atoms. The number of nitrogens with zero attached hydrogens (tertiary/aromatic N) is 1. The summed E-state index contributed by atoms with van der Waals surface area (Å²) >= 11 is 0. The maximum Gasteiger partial charge on any atom is 0.243 e. The van der Waals surface area contributed by atoms with Gasteiger partial charge in [-0.05, 0) is 37.1 Å². The SMILES string of the molecule is COCCN(CC(=O)NCC(=O)Nc1ccc(OC)cc1)C(=O)C1CCCC1. The van der Waals surface area contributed by atoms with Crippen LogP contribution in [-0.2, 0) is 19.1 Å². The molecular formula is C20H29N3O5. The summed E-state index contributed by atoms with van der Waals surface area (Å²) in [5, 5.41) is 5.26. The minimum Gasteiger partial charge on any atom is -0.497 e. The van der Waals surface area contributed by atoms with Gasteiger partial charge in [-0.15, -0.1) is 0 Å². The second kappa shape index (κ2) is 11.3. The lowest BCUT2D eigenvalue weighted by Crippen LogP contribution is -2.45. The lowest BCUT2D eigenvalue weighted by atomic mass is 10.1. The lowest BCUT2D eigenvalue weighted by molar-refractivity contribution is -0.140. The molecular weight excluding hydrogens is 362 g/mol. The van der Waals surface area contributed by atoms with Gasteiger partial charge in [0.25, 0.3) is 0 Å². The number of carbonyl (C=O) groups is 3. The van der Waals surface area contributed by atoms with Crippen LogP contribution in [0.4, 0.5) is 5.69 Å². The molecule has 0 radical (unpaired) electrons. The van der Waals surface area contributed by atoms with Crippen molar-refractivity contribution in [3.63, 3.8) is 0 Å². The van der Waals surface area contributed by atoms with Crippen molar-refractivity contribution in [3.05, 3.63) is 24.3 Å². The quantitative estimate of drug-likeness (QED) is 0.629. The fraction of sp³-hybridized carbons (Fsp3) is 0.550. The highest BCUT2D eigenvalue weighted by molar-refractivity contribution is 5.95. The van der Waals surface area contributed by atoms with E-state index in [1.165, 1.54) is 4.90 Å². The molecule has 0 aromatic heterocycles. The van der Waals surface area contributed by atoms with E-state index in [2.05, 4.69) is 10.6 Å². The number of amides is 3. The molecule has 8 heteroatoms. The van der Waals surface area contributed by atoms with Gasteiger partial charge in [-0.25, -0.2) is 0 Å². The largest absolute Gasteiger partial charge is 0.497 e. The first-order chi connectivity index (χ1) is 13.5. The molecule has 154 valence electrons. The molecule has 1 aromatic carbocycles. The Morgan fingerprint density at radius 1 is 1.07 bits per heavy atom. The zero-order valence-corrected chi connectivity index (χ0v) is 16.5. The molecule has 0 atom stereocenters. The summed E-state index contributed by atoms with van der Waals surface area (Å²) in [5.74, 6) is -0.0406. The van der Waals surface area contributed by atoms with Crippen molar-refractivity contribution in [2.24, 2.45) is 5.92 Å². The van der Waals surface area contributed by atoms with E-state index >= 15 is 0 Å². The summed E-state index contributed by atoms with van der Waals surface area (Å²) in [6.45, 7) is 0.482. The van der Waals surface area contributed by atoms with Gasteiger partial charge in [-0.1, -0.05) is 12.8 Å². The smallest absolute Gasteiger partial charge is 0.243 e. The first-order valence-corrected chi connectivity index (χ1v) is 9.51. The van der Waals surface area contributed by atoms with Crippen molar-refractivity contribution in [3.8, 4) is 5.75 Å². The van der Waals surface area contributed by atoms with E-state index in [-0.39, 0.29) is 36.7 Å². The molecule has 28 heavy (non-hydrogen) atoms. The number of ether oxygens (including phenoxy) is 2. The number of benzene rings is 1. The fourth-order valence-electron chi connectivity index (χ4n) is 3.19. The van der Waals surface area contributed by atoms with E-state index in [1.54, 1.807) is 38.5 Å². The van der Waals surface area contributed by atoms with Gasteiger partial charge in [-0.3, -0.25) is 14.4 Å². The van der Waals surface area contributed by atoms with Crippen molar-refractivity contribution < 1.29 is 23.9 Å². The van der Waals surface area contributed by atoms with Crippen LogP contribution in [0.3, 0.4) is 0 Å². The third kappa shape index (κ3) is 6.84. The second-order valence-electron chi connectivity index (χ2n) is 6.79. The van der Waals surface area contributed by atoms with Crippen LogP contribution in [0.2, 0.25) is 0 Å². The van der Waals surface area contributed by atoms with Crippen molar-refractivity contribution >= 4 is 23.4 Å². The fourth-order valence-corrected chi connectivity index (χ4v) is 3.19. The molecule has 0 aliphatic heterocycles. The van der Waals surface area contributed by atoms with Gasteiger partial charge in [-0.2, -0.15) is 0 Å². The van der Waals surface area contributed by atoms with E-state index < -0.39 is 0 Å². The summed E-state index contributed by atoms with van der Waals surface area (Å²) in [6.07, 6.45) is 3.83. The molecule has 1 aliphatic carbocycles. The van der Waals surface area contributed by atoms with Crippen LogP contribution in [0, 0.1) is 5.92 Å². The molecule has 2 N–H and O–H groups in total. The predicted molar refractivity (Wildman–Crippen MR) is 105 cm³/mol. The Bertz CT molecular complexity index is 656. The Hall–Kier alpha value is -2.61. The van der Waals surface area contributed by atoms with Crippen molar-refractivity contribution in [1.82, 2.24) is 10.2 Å². The topological polar surface area (TPSA) is 97.0 Å². The number of hydrogen-bond donors (Lipinski definition) is 2. The molecule has 0 unspecified atom stereocenters. The van der Waals surface area contributed by atoms with Crippen LogP contribution in [0.5, 0.6) is 5.75 Å². The maximum atomic E-state index is 12.6. The average molecular weight is 391 g/mol. The molecule has 1 saturated carbocycles. The Morgan fingerprint density at radius 2 is 1.75 bits per heavy atom. The average Bonchev–Trinajstić information content (AvgIpc) is 3.24. The summed E-state index contributed by atoms with van der Waals surface area (Å²) in [6, 6.07) is 6.89. The molecule has 1 aliphatic rings. The predicted octanol–water partition coefficient (Wildman–Crippen LogP) is 1.42. The Kier molecular flexibility index (Phi) is 8.74. The Morgan fingerprint density at radius 3 is 2.36 bits per heavy atom. The third-order valence-electron chi connectivity index (χ3n) is 4.74. The van der Waals surface area contributed by atoms with Gasteiger partial charge in [0.05, 0.1) is 26.8 Å². The van der Waals surface area contributed by atoms with E-state index in [4.69, 9.17) is 9.47 Å². The van der Waals surface area contributed by atoms with Crippen LogP contribution in [0.25, 0.3) is 0 Å².